The van der Waals surface area contributed by atoms with Gasteiger partial charge in [-0.05, 0) is 44.9 Å². The van der Waals surface area contributed by atoms with Gasteiger partial charge in [0, 0.05) is 13.0 Å². The van der Waals surface area contributed by atoms with E-state index in [4.69, 9.17) is 0 Å². The number of rotatable bonds is 5. The van der Waals surface area contributed by atoms with E-state index in [-0.39, 0.29) is 29.9 Å². The standard InChI is InChI=1S/C15H23NO4/c1-10-5-7-15(8-6-10)9-16(14(15)20)12(13(18)19)4-3-11(2)17/h10,12H,3-9H2,1-2H3,(H,18,19)/t10?,12-,15?/m0/s1. The molecule has 1 saturated heterocycles. The second kappa shape index (κ2) is 5.54. The monoisotopic (exact) mass is 281 g/mol. The van der Waals surface area contributed by atoms with Gasteiger partial charge in [0.1, 0.15) is 11.8 Å². The molecule has 1 N–H and O–H groups in total. The Morgan fingerprint density at radius 1 is 1.40 bits per heavy atom. The van der Waals surface area contributed by atoms with Gasteiger partial charge in [-0.1, -0.05) is 6.92 Å². The van der Waals surface area contributed by atoms with Gasteiger partial charge in [0.2, 0.25) is 5.91 Å². The molecule has 1 amide bonds. The molecule has 0 unspecified atom stereocenters. The minimum atomic E-state index is -1.00. The SMILES string of the molecule is CC(=O)CC[C@@H](C(=O)O)N1CC2(CCC(C)CC2)C1=O. The van der Waals surface area contributed by atoms with Crippen molar-refractivity contribution in [1.82, 2.24) is 4.90 Å². The number of likely N-dealkylation sites (tertiary alicyclic amines) is 1. The number of hydrogen-bond acceptors (Lipinski definition) is 3. The lowest BCUT2D eigenvalue weighted by Gasteiger charge is -2.53. The fourth-order valence-electron chi connectivity index (χ4n) is 3.37. The number of β-lactam (4-membered cyclic amide) rings is 1. The number of hydrogen-bond donors (Lipinski definition) is 1. The largest absolute Gasteiger partial charge is 0.480 e. The van der Waals surface area contributed by atoms with Crippen molar-refractivity contribution in [2.75, 3.05) is 6.54 Å². The quantitative estimate of drug-likeness (QED) is 0.780. The molecule has 1 spiro atoms. The number of aliphatic carboxylic acids is 1. The van der Waals surface area contributed by atoms with E-state index < -0.39 is 12.0 Å². The Morgan fingerprint density at radius 2 is 2.00 bits per heavy atom. The molecule has 2 fully saturated rings. The maximum absolute atomic E-state index is 12.4. The fraction of sp³-hybridized carbons (Fsp3) is 0.800. The highest BCUT2D eigenvalue weighted by Crippen LogP contribution is 2.47. The van der Waals surface area contributed by atoms with Crippen LogP contribution < -0.4 is 0 Å². The van der Waals surface area contributed by atoms with Crippen LogP contribution in [0.15, 0.2) is 0 Å². The van der Waals surface area contributed by atoms with Crippen LogP contribution in [0, 0.1) is 11.3 Å². The summed E-state index contributed by atoms with van der Waals surface area (Å²) in [6, 6.07) is -0.837. The van der Waals surface area contributed by atoms with Crippen molar-refractivity contribution in [3.8, 4) is 0 Å². The van der Waals surface area contributed by atoms with Crippen molar-refractivity contribution >= 4 is 17.7 Å². The number of carbonyl (C=O) groups is 3. The molecule has 0 bridgehead atoms. The second-order valence-corrected chi connectivity index (χ2v) is 6.49. The van der Waals surface area contributed by atoms with Gasteiger partial charge in [-0.2, -0.15) is 0 Å². The van der Waals surface area contributed by atoms with Crippen LogP contribution in [0.2, 0.25) is 0 Å². The topological polar surface area (TPSA) is 74.7 Å². The third kappa shape index (κ3) is 2.72. The van der Waals surface area contributed by atoms with E-state index in [1.54, 1.807) is 0 Å². The minimum Gasteiger partial charge on any atom is -0.480 e. The number of ketones is 1. The van der Waals surface area contributed by atoms with Gasteiger partial charge in [-0.25, -0.2) is 4.79 Å². The predicted octanol–water partition coefficient (Wildman–Crippen LogP) is 1.85. The van der Waals surface area contributed by atoms with Crippen LogP contribution in [-0.4, -0.2) is 40.3 Å². The molecular formula is C15H23NO4. The molecule has 1 atom stereocenters. The van der Waals surface area contributed by atoms with E-state index in [9.17, 15) is 19.5 Å². The van der Waals surface area contributed by atoms with Crippen molar-refractivity contribution in [2.24, 2.45) is 11.3 Å². The second-order valence-electron chi connectivity index (χ2n) is 6.49. The van der Waals surface area contributed by atoms with Gasteiger partial charge in [-0.3, -0.25) is 4.79 Å². The molecule has 0 aromatic heterocycles. The number of carbonyl (C=O) groups excluding carboxylic acids is 2. The first kappa shape index (κ1) is 15.0. The lowest BCUT2D eigenvalue weighted by Crippen LogP contribution is -2.66. The molecule has 20 heavy (non-hydrogen) atoms. The summed E-state index contributed by atoms with van der Waals surface area (Å²) < 4.78 is 0. The molecule has 0 aromatic rings. The van der Waals surface area contributed by atoms with Crippen LogP contribution in [0.25, 0.3) is 0 Å². The van der Waals surface area contributed by atoms with Crippen LogP contribution in [-0.2, 0) is 14.4 Å². The maximum atomic E-state index is 12.4. The van der Waals surface area contributed by atoms with Crippen molar-refractivity contribution in [3.05, 3.63) is 0 Å². The summed E-state index contributed by atoms with van der Waals surface area (Å²) in [5, 5.41) is 9.26. The van der Waals surface area contributed by atoms with Crippen LogP contribution >= 0.6 is 0 Å². The first-order valence-corrected chi connectivity index (χ1v) is 7.39. The average Bonchev–Trinajstić information content (AvgIpc) is 2.39. The van der Waals surface area contributed by atoms with E-state index in [0.29, 0.717) is 12.5 Å². The van der Waals surface area contributed by atoms with Gasteiger partial charge >= 0.3 is 5.97 Å². The molecule has 2 rings (SSSR count). The summed E-state index contributed by atoms with van der Waals surface area (Å²) in [5.41, 5.74) is -0.295. The van der Waals surface area contributed by atoms with Gasteiger partial charge in [-0.15, -0.1) is 0 Å². The van der Waals surface area contributed by atoms with Crippen LogP contribution in [0.4, 0.5) is 0 Å². The molecule has 5 nitrogen and oxygen atoms in total. The maximum Gasteiger partial charge on any atom is 0.326 e. The Morgan fingerprint density at radius 3 is 2.45 bits per heavy atom. The van der Waals surface area contributed by atoms with Gasteiger partial charge < -0.3 is 14.8 Å². The highest BCUT2D eigenvalue weighted by atomic mass is 16.4. The van der Waals surface area contributed by atoms with Crippen LogP contribution in [0.3, 0.4) is 0 Å². The molecule has 2 aliphatic rings. The Kier molecular flexibility index (Phi) is 4.16. The highest BCUT2D eigenvalue weighted by molar-refractivity contribution is 5.93. The Labute approximate surface area is 119 Å². The Bertz CT molecular complexity index is 424. The summed E-state index contributed by atoms with van der Waals surface area (Å²) in [5.74, 6) is -0.389. The first-order chi connectivity index (χ1) is 9.35. The van der Waals surface area contributed by atoms with Crippen molar-refractivity contribution in [2.45, 2.75) is 58.4 Å². The van der Waals surface area contributed by atoms with E-state index in [0.717, 1.165) is 25.7 Å². The molecule has 1 heterocycles. The third-order valence-electron chi connectivity index (χ3n) is 4.85. The first-order valence-electron chi connectivity index (χ1n) is 7.39. The summed E-state index contributed by atoms with van der Waals surface area (Å²) >= 11 is 0. The van der Waals surface area contributed by atoms with E-state index in [1.807, 2.05) is 0 Å². The zero-order valence-corrected chi connectivity index (χ0v) is 12.2. The fourth-order valence-corrected chi connectivity index (χ4v) is 3.37. The van der Waals surface area contributed by atoms with E-state index >= 15 is 0 Å². The molecule has 1 aliphatic heterocycles. The Hall–Kier alpha value is -1.39. The lowest BCUT2D eigenvalue weighted by molar-refractivity contribution is -0.176. The molecule has 0 radical (unpaired) electrons. The van der Waals surface area contributed by atoms with Crippen molar-refractivity contribution in [3.63, 3.8) is 0 Å². The summed E-state index contributed by atoms with van der Waals surface area (Å²) in [6.45, 7) is 4.19. The number of amides is 1. The zero-order chi connectivity index (χ0) is 14.9. The van der Waals surface area contributed by atoms with Crippen LogP contribution in [0.1, 0.15) is 52.4 Å². The highest BCUT2D eigenvalue weighted by Gasteiger charge is 2.55. The number of carboxylic acids is 1. The Balaban J connectivity index is 1.98. The van der Waals surface area contributed by atoms with Gasteiger partial charge in [0.05, 0.1) is 5.41 Å². The predicted molar refractivity (Wildman–Crippen MR) is 73.1 cm³/mol. The minimum absolute atomic E-state index is 0.0136. The van der Waals surface area contributed by atoms with Crippen LogP contribution in [0.5, 0.6) is 0 Å². The number of nitrogens with zero attached hydrogens (tertiary/aromatic N) is 1. The number of carboxylic acid groups (broad SMARTS) is 1. The van der Waals surface area contributed by atoms with E-state index in [1.165, 1.54) is 11.8 Å². The average molecular weight is 281 g/mol. The summed E-state index contributed by atoms with van der Waals surface area (Å²) in [4.78, 5) is 36.2. The normalized spacial score (nSPS) is 31.0. The molecule has 1 aliphatic carbocycles. The van der Waals surface area contributed by atoms with Crippen molar-refractivity contribution in [1.29, 1.82) is 0 Å². The number of Topliss-reactive ketones (excluding diaryl/α,β-unsaturated/α-hetero) is 1. The molecular weight excluding hydrogens is 258 g/mol. The van der Waals surface area contributed by atoms with Gasteiger partial charge in [0.15, 0.2) is 0 Å². The lowest BCUT2D eigenvalue weighted by atomic mass is 9.65. The molecule has 5 heteroatoms. The molecule has 0 aromatic carbocycles. The van der Waals surface area contributed by atoms with Crippen molar-refractivity contribution < 1.29 is 19.5 Å². The van der Waals surface area contributed by atoms with Gasteiger partial charge in [0.25, 0.3) is 0 Å². The molecule has 1 saturated carbocycles. The summed E-state index contributed by atoms with van der Waals surface area (Å²) in [7, 11) is 0. The third-order valence-corrected chi connectivity index (χ3v) is 4.85. The van der Waals surface area contributed by atoms with E-state index in [2.05, 4.69) is 6.92 Å². The molecule has 112 valence electrons. The zero-order valence-electron chi connectivity index (χ0n) is 12.2. The smallest absolute Gasteiger partial charge is 0.326 e. The summed E-state index contributed by atoms with van der Waals surface area (Å²) in [6.07, 6.45) is 4.29.